The summed E-state index contributed by atoms with van der Waals surface area (Å²) in [4.78, 5) is 24.7. The molecule has 2 aliphatic carbocycles. The third-order valence-corrected chi connectivity index (χ3v) is 8.08. The summed E-state index contributed by atoms with van der Waals surface area (Å²) < 4.78 is 2.04. The second-order valence-electron chi connectivity index (χ2n) is 10.7. The first kappa shape index (κ1) is 19.3. The summed E-state index contributed by atoms with van der Waals surface area (Å²) in [6.07, 6.45) is 8.61. The van der Waals surface area contributed by atoms with Crippen LogP contribution in [-0.2, 0) is 0 Å². The molecule has 1 N–H and O–H groups in total. The minimum Gasteiger partial charge on any atom is -0.328 e. The van der Waals surface area contributed by atoms with Crippen LogP contribution in [0.25, 0.3) is 5.69 Å². The molecule has 1 aromatic carbocycles. The molecule has 4 aliphatic rings. The van der Waals surface area contributed by atoms with Gasteiger partial charge in [0.2, 0.25) is 0 Å². The standard InChI is InChI=1S/C25H29N7O/c1-16-10-31(15-26-16)21-6-4-17(5-7-21)20-11-30(12-20)24(33)32-13-25(14-32)8-19(9-25)23-27-22(28-29-23)18-2-3-18/h4-7,10,15,18-20H,2-3,8-9,11-14H2,1H3,(H,27,28,29). The third kappa shape index (κ3) is 3.26. The van der Waals surface area contributed by atoms with Crippen molar-refractivity contribution in [3.8, 4) is 5.69 Å². The first-order valence-corrected chi connectivity index (χ1v) is 12.1. The highest BCUT2D eigenvalue weighted by molar-refractivity contribution is 5.77. The maximum Gasteiger partial charge on any atom is 0.320 e. The average Bonchev–Trinajstić information content (AvgIpc) is 3.30. The van der Waals surface area contributed by atoms with Crippen molar-refractivity contribution in [2.45, 2.75) is 50.4 Å². The van der Waals surface area contributed by atoms with Crippen LogP contribution in [0.1, 0.15) is 66.3 Å². The lowest BCUT2D eigenvalue weighted by Gasteiger charge is -2.59. The van der Waals surface area contributed by atoms with Crippen molar-refractivity contribution in [3.63, 3.8) is 0 Å². The number of aromatic amines is 1. The van der Waals surface area contributed by atoms with Gasteiger partial charge in [0, 0.05) is 61.2 Å². The lowest BCUT2D eigenvalue weighted by molar-refractivity contribution is -0.0601. The first-order chi connectivity index (χ1) is 16.1. The molecule has 4 fully saturated rings. The minimum absolute atomic E-state index is 0.210. The summed E-state index contributed by atoms with van der Waals surface area (Å²) in [5.74, 6) is 3.69. The van der Waals surface area contributed by atoms with E-state index in [1.54, 1.807) is 0 Å². The predicted molar refractivity (Wildman–Crippen MR) is 122 cm³/mol. The minimum atomic E-state index is 0.210. The van der Waals surface area contributed by atoms with Gasteiger partial charge in [-0.2, -0.15) is 0 Å². The fourth-order valence-corrected chi connectivity index (χ4v) is 5.88. The van der Waals surface area contributed by atoms with E-state index >= 15 is 0 Å². The van der Waals surface area contributed by atoms with Gasteiger partial charge >= 0.3 is 6.03 Å². The molecule has 4 heterocycles. The van der Waals surface area contributed by atoms with Crippen LogP contribution < -0.4 is 0 Å². The molecule has 2 saturated heterocycles. The van der Waals surface area contributed by atoms with Crippen molar-refractivity contribution in [1.29, 1.82) is 0 Å². The number of H-pyrrole nitrogens is 1. The molecule has 8 nitrogen and oxygen atoms in total. The second kappa shape index (κ2) is 6.92. The second-order valence-corrected chi connectivity index (χ2v) is 10.7. The number of hydrogen-bond acceptors (Lipinski definition) is 4. The molecular weight excluding hydrogens is 414 g/mol. The van der Waals surface area contributed by atoms with E-state index in [2.05, 4.69) is 44.4 Å². The first-order valence-electron chi connectivity index (χ1n) is 12.1. The van der Waals surface area contributed by atoms with Gasteiger partial charge in [-0.15, -0.1) is 10.2 Å². The molecule has 2 saturated carbocycles. The fraction of sp³-hybridized carbons (Fsp3) is 0.520. The third-order valence-electron chi connectivity index (χ3n) is 8.08. The zero-order valence-electron chi connectivity index (χ0n) is 18.9. The highest BCUT2D eigenvalue weighted by atomic mass is 16.2. The maximum absolute atomic E-state index is 12.9. The lowest BCUT2D eigenvalue weighted by atomic mass is 9.57. The quantitative estimate of drug-likeness (QED) is 0.668. The number of aryl methyl sites for hydroxylation is 1. The summed E-state index contributed by atoms with van der Waals surface area (Å²) in [6, 6.07) is 8.84. The van der Waals surface area contributed by atoms with E-state index in [0.29, 0.717) is 23.2 Å². The Bertz CT molecular complexity index is 1190. The molecule has 2 aromatic heterocycles. The average molecular weight is 444 g/mol. The number of urea groups is 1. The molecule has 0 bridgehead atoms. The summed E-state index contributed by atoms with van der Waals surface area (Å²) in [6.45, 7) is 5.42. The van der Waals surface area contributed by atoms with Gasteiger partial charge in [-0.05, 0) is 50.3 Å². The zero-order chi connectivity index (χ0) is 22.2. The highest BCUT2D eigenvalue weighted by Crippen LogP contribution is 2.56. The van der Waals surface area contributed by atoms with Crippen LogP contribution in [0, 0.1) is 12.3 Å². The van der Waals surface area contributed by atoms with Crippen molar-refractivity contribution in [1.82, 2.24) is 34.5 Å². The molecule has 0 radical (unpaired) electrons. The van der Waals surface area contributed by atoms with Crippen LogP contribution in [-0.4, -0.2) is 66.7 Å². The van der Waals surface area contributed by atoms with Crippen LogP contribution in [0.15, 0.2) is 36.8 Å². The number of carbonyl (C=O) groups is 1. The van der Waals surface area contributed by atoms with Gasteiger partial charge < -0.3 is 19.4 Å². The molecule has 7 rings (SSSR count). The smallest absolute Gasteiger partial charge is 0.320 e. The van der Waals surface area contributed by atoms with Gasteiger partial charge in [-0.25, -0.2) is 9.78 Å². The SMILES string of the molecule is Cc1cn(-c2ccc(C3CN(C(=O)N4CC5(CC(c6nnc(C7CC7)[nH]6)C5)C4)C3)cc2)cn1. The number of benzene rings is 1. The molecule has 2 amide bonds. The Labute approximate surface area is 193 Å². The molecule has 8 heteroatoms. The number of rotatable bonds is 4. The number of nitrogens with zero attached hydrogens (tertiary/aromatic N) is 6. The van der Waals surface area contributed by atoms with E-state index in [-0.39, 0.29) is 6.03 Å². The predicted octanol–water partition coefficient (Wildman–Crippen LogP) is 3.58. The van der Waals surface area contributed by atoms with Crippen molar-refractivity contribution >= 4 is 6.03 Å². The molecule has 170 valence electrons. The van der Waals surface area contributed by atoms with E-state index in [1.165, 1.54) is 18.4 Å². The Morgan fingerprint density at radius 3 is 2.30 bits per heavy atom. The van der Waals surface area contributed by atoms with Gasteiger partial charge in [0.1, 0.15) is 11.6 Å². The van der Waals surface area contributed by atoms with Crippen molar-refractivity contribution < 1.29 is 4.79 Å². The topological polar surface area (TPSA) is 82.9 Å². The van der Waals surface area contributed by atoms with Crippen LogP contribution in [0.2, 0.25) is 0 Å². The number of carbonyl (C=O) groups excluding carboxylic acids is 1. The molecule has 2 aliphatic heterocycles. The summed E-state index contributed by atoms with van der Waals surface area (Å²) in [5, 5.41) is 8.72. The normalized spacial score (nSPS) is 22.2. The molecule has 0 unspecified atom stereocenters. The Kier molecular flexibility index (Phi) is 4.05. The number of imidazole rings is 1. The monoisotopic (exact) mass is 443 g/mol. The van der Waals surface area contributed by atoms with Crippen molar-refractivity contribution in [2.75, 3.05) is 26.2 Å². The van der Waals surface area contributed by atoms with Gasteiger partial charge in [0.25, 0.3) is 0 Å². The van der Waals surface area contributed by atoms with Gasteiger partial charge in [-0.1, -0.05) is 12.1 Å². The van der Waals surface area contributed by atoms with E-state index in [0.717, 1.165) is 62.1 Å². The number of amides is 2. The Morgan fingerprint density at radius 2 is 1.67 bits per heavy atom. The Hall–Kier alpha value is -3.16. The largest absolute Gasteiger partial charge is 0.328 e. The number of likely N-dealkylation sites (tertiary alicyclic amines) is 2. The van der Waals surface area contributed by atoms with Gasteiger partial charge in [-0.3, -0.25) is 0 Å². The van der Waals surface area contributed by atoms with Crippen LogP contribution in [0.3, 0.4) is 0 Å². The molecule has 1 spiro atoms. The fourth-order valence-electron chi connectivity index (χ4n) is 5.88. The molecule has 3 aromatic rings. The maximum atomic E-state index is 12.9. The van der Waals surface area contributed by atoms with Crippen molar-refractivity contribution in [3.05, 3.63) is 59.7 Å². The number of nitrogens with one attached hydrogen (secondary N) is 1. The Morgan fingerprint density at radius 1 is 0.970 bits per heavy atom. The van der Waals surface area contributed by atoms with Crippen molar-refractivity contribution in [2.24, 2.45) is 5.41 Å². The van der Waals surface area contributed by atoms with Gasteiger partial charge in [0.05, 0.1) is 12.0 Å². The molecular formula is C25H29N7O. The van der Waals surface area contributed by atoms with E-state index < -0.39 is 0 Å². The zero-order valence-corrected chi connectivity index (χ0v) is 18.9. The van der Waals surface area contributed by atoms with E-state index in [1.807, 2.05) is 33.8 Å². The number of aromatic nitrogens is 5. The molecule has 0 atom stereocenters. The summed E-state index contributed by atoms with van der Waals surface area (Å²) in [7, 11) is 0. The van der Waals surface area contributed by atoms with Crippen LogP contribution in [0.5, 0.6) is 0 Å². The summed E-state index contributed by atoms with van der Waals surface area (Å²) >= 11 is 0. The Balaban J connectivity index is 0.893. The lowest BCUT2D eigenvalue weighted by Crippen LogP contribution is -2.67. The highest BCUT2D eigenvalue weighted by Gasteiger charge is 2.56. The summed E-state index contributed by atoms with van der Waals surface area (Å²) in [5.41, 5.74) is 3.75. The van der Waals surface area contributed by atoms with Gasteiger partial charge in [0.15, 0.2) is 0 Å². The molecule has 33 heavy (non-hydrogen) atoms. The van der Waals surface area contributed by atoms with Crippen LogP contribution >= 0.6 is 0 Å². The van der Waals surface area contributed by atoms with E-state index in [4.69, 9.17) is 0 Å². The number of hydrogen-bond donors (Lipinski definition) is 1. The van der Waals surface area contributed by atoms with Crippen LogP contribution in [0.4, 0.5) is 4.79 Å². The van der Waals surface area contributed by atoms with E-state index in [9.17, 15) is 4.79 Å².